The fraction of sp³-hybridized carbons (Fsp3) is 1.00. The molecule has 2 nitrogen and oxygen atoms in total. The first-order valence-corrected chi connectivity index (χ1v) is 4.90. The summed E-state index contributed by atoms with van der Waals surface area (Å²) in [7, 11) is 1.78. The predicted molar refractivity (Wildman–Crippen MR) is 53.4 cm³/mol. The molecule has 0 amide bonds. The van der Waals surface area contributed by atoms with Crippen LogP contribution in [0.5, 0.6) is 0 Å². The smallest absolute Gasteiger partial charge is 0.0620 e. The van der Waals surface area contributed by atoms with Gasteiger partial charge in [0.1, 0.15) is 0 Å². The van der Waals surface area contributed by atoms with Gasteiger partial charge in [-0.15, -0.1) is 0 Å². The molecule has 0 bridgehead atoms. The highest BCUT2D eigenvalue weighted by atomic mass is 16.5. The molecule has 0 saturated heterocycles. The van der Waals surface area contributed by atoms with Crippen molar-refractivity contribution in [3.63, 3.8) is 0 Å². The van der Waals surface area contributed by atoms with Crippen LogP contribution in [0.25, 0.3) is 0 Å². The van der Waals surface area contributed by atoms with E-state index in [4.69, 9.17) is 4.74 Å². The Balaban J connectivity index is 4.05. The molecule has 0 N–H and O–H groups in total. The molecule has 0 radical (unpaired) electrons. The molecule has 0 fully saturated rings. The first kappa shape index (κ1) is 11.9. The molecular weight excluding hydrogens is 150 g/mol. The summed E-state index contributed by atoms with van der Waals surface area (Å²) >= 11 is 0. The number of hydrogen-bond donors (Lipinski definition) is 0. The van der Waals surface area contributed by atoms with Crippen LogP contribution in [0.2, 0.25) is 0 Å². The van der Waals surface area contributed by atoms with Crippen molar-refractivity contribution >= 4 is 0 Å². The highest BCUT2D eigenvalue weighted by molar-refractivity contribution is 4.72. The summed E-state index contributed by atoms with van der Waals surface area (Å²) in [5.74, 6) is 0.671. The maximum absolute atomic E-state index is 5.21. The average molecular weight is 173 g/mol. The van der Waals surface area contributed by atoms with Gasteiger partial charge in [0, 0.05) is 13.2 Å². The zero-order valence-electron chi connectivity index (χ0n) is 9.13. The molecule has 74 valence electrons. The lowest BCUT2D eigenvalue weighted by Gasteiger charge is -2.32. The zero-order valence-corrected chi connectivity index (χ0v) is 9.13. The SMILES string of the molecule is CCN(CC)C(COC)C(C)C. The highest BCUT2D eigenvalue weighted by Gasteiger charge is 2.18. The topological polar surface area (TPSA) is 12.5 Å². The van der Waals surface area contributed by atoms with Crippen molar-refractivity contribution in [2.75, 3.05) is 26.8 Å². The van der Waals surface area contributed by atoms with Crippen molar-refractivity contribution < 1.29 is 4.74 Å². The van der Waals surface area contributed by atoms with Crippen LogP contribution in [0.15, 0.2) is 0 Å². The second kappa shape index (κ2) is 6.44. The summed E-state index contributed by atoms with van der Waals surface area (Å²) in [6, 6.07) is 0.574. The largest absolute Gasteiger partial charge is 0.383 e. The van der Waals surface area contributed by atoms with E-state index < -0.39 is 0 Å². The van der Waals surface area contributed by atoms with E-state index in [0.717, 1.165) is 19.7 Å². The summed E-state index contributed by atoms with van der Waals surface area (Å²) in [5, 5.41) is 0. The van der Waals surface area contributed by atoms with E-state index in [1.165, 1.54) is 0 Å². The fourth-order valence-electron chi connectivity index (χ4n) is 1.58. The Hall–Kier alpha value is -0.0800. The lowest BCUT2D eigenvalue weighted by Crippen LogP contribution is -2.41. The quantitative estimate of drug-likeness (QED) is 0.609. The van der Waals surface area contributed by atoms with E-state index in [1.807, 2.05) is 0 Å². The third-order valence-corrected chi connectivity index (χ3v) is 2.39. The molecule has 1 unspecified atom stereocenters. The standard InChI is InChI=1S/C10H23NO/c1-6-11(7-2)10(8-12-5)9(3)4/h9-10H,6-8H2,1-5H3. The van der Waals surface area contributed by atoms with Gasteiger partial charge in [0.15, 0.2) is 0 Å². The van der Waals surface area contributed by atoms with Crippen molar-refractivity contribution in [3.05, 3.63) is 0 Å². The minimum absolute atomic E-state index is 0.574. The highest BCUT2D eigenvalue weighted by Crippen LogP contribution is 2.10. The number of methoxy groups -OCH3 is 1. The second-order valence-electron chi connectivity index (χ2n) is 3.49. The summed E-state index contributed by atoms with van der Waals surface area (Å²) in [6.07, 6.45) is 0. The van der Waals surface area contributed by atoms with E-state index in [2.05, 4.69) is 32.6 Å². The molecule has 0 saturated carbocycles. The van der Waals surface area contributed by atoms with Crippen LogP contribution in [-0.2, 0) is 4.74 Å². The number of rotatable bonds is 6. The molecule has 12 heavy (non-hydrogen) atoms. The van der Waals surface area contributed by atoms with E-state index in [-0.39, 0.29) is 0 Å². The number of ether oxygens (including phenoxy) is 1. The monoisotopic (exact) mass is 173 g/mol. The lowest BCUT2D eigenvalue weighted by atomic mass is 10.0. The average Bonchev–Trinajstić information content (AvgIpc) is 2.05. The fourth-order valence-corrected chi connectivity index (χ4v) is 1.58. The number of hydrogen-bond acceptors (Lipinski definition) is 2. The van der Waals surface area contributed by atoms with Crippen LogP contribution in [0.4, 0.5) is 0 Å². The first-order valence-electron chi connectivity index (χ1n) is 4.90. The molecule has 0 aliphatic carbocycles. The Morgan fingerprint density at radius 1 is 1.17 bits per heavy atom. The second-order valence-corrected chi connectivity index (χ2v) is 3.49. The van der Waals surface area contributed by atoms with Gasteiger partial charge in [-0.3, -0.25) is 4.90 Å². The van der Waals surface area contributed by atoms with Crippen LogP contribution in [0.3, 0.4) is 0 Å². The third-order valence-electron chi connectivity index (χ3n) is 2.39. The summed E-state index contributed by atoms with van der Waals surface area (Å²) in [6.45, 7) is 12.0. The molecule has 0 aliphatic heterocycles. The molecule has 0 spiro atoms. The number of likely N-dealkylation sites (N-methyl/N-ethyl adjacent to an activating group) is 1. The Labute approximate surface area is 76.9 Å². The Morgan fingerprint density at radius 3 is 1.92 bits per heavy atom. The van der Waals surface area contributed by atoms with Gasteiger partial charge in [-0.05, 0) is 19.0 Å². The van der Waals surface area contributed by atoms with Gasteiger partial charge >= 0.3 is 0 Å². The molecular formula is C10H23NO. The third kappa shape index (κ3) is 3.55. The van der Waals surface area contributed by atoms with Gasteiger partial charge in [-0.25, -0.2) is 0 Å². The zero-order chi connectivity index (χ0) is 9.56. The van der Waals surface area contributed by atoms with Crippen LogP contribution >= 0.6 is 0 Å². The van der Waals surface area contributed by atoms with Gasteiger partial charge in [0.25, 0.3) is 0 Å². The maximum atomic E-state index is 5.21. The Kier molecular flexibility index (Phi) is 6.39. The molecule has 0 aromatic heterocycles. The molecule has 0 aliphatic rings. The Morgan fingerprint density at radius 2 is 1.67 bits per heavy atom. The lowest BCUT2D eigenvalue weighted by molar-refractivity contribution is 0.0708. The van der Waals surface area contributed by atoms with Crippen molar-refractivity contribution in [1.82, 2.24) is 4.90 Å². The van der Waals surface area contributed by atoms with E-state index in [9.17, 15) is 0 Å². The van der Waals surface area contributed by atoms with Gasteiger partial charge in [0.05, 0.1) is 6.61 Å². The first-order chi connectivity index (χ1) is 5.67. The molecule has 1 atom stereocenters. The van der Waals surface area contributed by atoms with Gasteiger partial charge in [0.2, 0.25) is 0 Å². The van der Waals surface area contributed by atoms with Crippen molar-refractivity contribution in [1.29, 1.82) is 0 Å². The molecule has 0 rings (SSSR count). The van der Waals surface area contributed by atoms with Gasteiger partial charge in [-0.1, -0.05) is 27.7 Å². The van der Waals surface area contributed by atoms with E-state index >= 15 is 0 Å². The Bertz CT molecular complexity index is 100. The normalized spacial score (nSPS) is 14.2. The van der Waals surface area contributed by atoms with E-state index in [1.54, 1.807) is 7.11 Å². The maximum Gasteiger partial charge on any atom is 0.0620 e. The van der Waals surface area contributed by atoms with Gasteiger partial charge < -0.3 is 4.74 Å². The summed E-state index contributed by atoms with van der Waals surface area (Å²) < 4.78 is 5.21. The molecule has 0 aromatic carbocycles. The molecule has 0 heterocycles. The van der Waals surface area contributed by atoms with Crippen molar-refractivity contribution in [2.45, 2.75) is 33.7 Å². The van der Waals surface area contributed by atoms with Gasteiger partial charge in [-0.2, -0.15) is 0 Å². The predicted octanol–water partition coefficient (Wildman–Crippen LogP) is 2.00. The van der Waals surface area contributed by atoms with Crippen LogP contribution in [-0.4, -0.2) is 37.7 Å². The van der Waals surface area contributed by atoms with Crippen LogP contribution < -0.4 is 0 Å². The van der Waals surface area contributed by atoms with E-state index in [0.29, 0.717) is 12.0 Å². The summed E-state index contributed by atoms with van der Waals surface area (Å²) in [4.78, 5) is 2.45. The minimum Gasteiger partial charge on any atom is -0.383 e. The van der Waals surface area contributed by atoms with Crippen LogP contribution in [0.1, 0.15) is 27.7 Å². The summed E-state index contributed by atoms with van der Waals surface area (Å²) in [5.41, 5.74) is 0. The number of nitrogens with zero attached hydrogens (tertiary/aromatic N) is 1. The minimum atomic E-state index is 0.574. The van der Waals surface area contributed by atoms with Crippen molar-refractivity contribution in [2.24, 2.45) is 5.92 Å². The molecule has 0 aromatic rings. The molecule has 2 heteroatoms. The van der Waals surface area contributed by atoms with Crippen molar-refractivity contribution in [3.8, 4) is 0 Å². The van der Waals surface area contributed by atoms with Crippen LogP contribution in [0, 0.1) is 5.92 Å².